The van der Waals surface area contributed by atoms with Crippen LogP contribution in [0.5, 0.6) is 0 Å². The predicted octanol–water partition coefficient (Wildman–Crippen LogP) is 3.90. The second kappa shape index (κ2) is 8.69. The molecule has 1 aliphatic rings. The molecule has 0 radical (unpaired) electrons. The Hall–Kier alpha value is -4.52. The van der Waals surface area contributed by atoms with Crippen LogP contribution in [0, 0.1) is 0 Å². The van der Waals surface area contributed by atoms with Crippen LogP contribution < -0.4 is 11.1 Å². The molecule has 1 amide bonds. The third-order valence-electron chi connectivity index (χ3n) is 5.04. The number of carboxylic acid groups (broad SMARTS) is 1. The van der Waals surface area contributed by atoms with Crippen LogP contribution in [0.2, 0.25) is 0 Å². The summed E-state index contributed by atoms with van der Waals surface area (Å²) >= 11 is 0. The minimum atomic E-state index is -1.12. The smallest absolute Gasteiger partial charge is 0.336 e. The Morgan fingerprint density at radius 2 is 1.59 bits per heavy atom. The number of primary amides is 1. The van der Waals surface area contributed by atoms with Crippen molar-refractivity contribution in [2.75, 3.05) is 12.4 Å². The van der Waals surface area contributed by atoms with E-state index in [1.807, 2.05) is 61.6 Å². The Labute approximate surface area is 184 Å². The predicted molar refractivity (Wildman–Crippen MR) is 126 cm³/mol. The third kappa shape index (κ3) is 3.91. The highest BCUT2D eigenvalue weighted by molar-refractivity contribution is 6.48. The van der Waals surface area contributed by atoms with Gasteiger partial charge >= 0.3 is 5.97 Å². The first-order valence-corrected chi connectivity index (χ1v) is 9.87. The van der Waals surface area contributed by atoms with E-state index in [9.17, 15) is 14.7 Å². The quantitative estimate of drug-likeness (QED) is 0.556. The zero-order chi connectivity index (χ0) is 22.7. The number of amidine groups is 1. The molecular weight excluding hydrogens is 404 g/mol. The van der Waals surface area contributed by atoms with Crippen LogP contribution >= 0.6 is 0 Å². The molecule has 0 atom stereocenters. The van der Waals surface area contributed by atoms with Crippen molar-refractivity contribution in [1.82, 2.24) is 0 Å². The lowest BCUT2D eigenvalue weighted by Crippen LogP contribution is -2.22. The fourth-order valence-corrected chi connectivity index (χ4v) is 3.54. The summed E-state index contributed by atoms with van der Waals surface area (Å²) in [6, 6.07) is 23.0. The molecule has 4 N–H and O–H groups in total. The van der Waals surface area contributed by atoms with Gasteiger partial charge in [0.15, 0.2) is 5.84 Å². The van der Waals surface area contributed by atoms with Crippen molar-refractivity contribution in [2.45, 2.75) is 0 Å². The number of amides is 1. The summed E-state index contributed by atoms with van der Waals surface area (Å²) in [5, 5.41) is 12.7. The number of carbonyl (C=O) groups is 2. The molecule has 3 aromatic carbocycles. The van der Waals surface area contributed by atoms with Crippen molar-refractivity contribution < 1.29 is 14.7 Å². The normalized spacial score (nSPS) is 14.4. The van der Waals surface area contributed by atoms with Gasteiger partial charge in [0, 0.05) is 23.9 Å². The van der Waals surface area contributed by atoms with E-state index >= 15 is 0 Å². The van der Waals surface area contributed by atoms with Gasteiger partial charge in [0.25, 0.3) is 5.91 Å². The zero-order valence-electron chi connectivity index (χ0n) is 17.2. The van der Waals surface area contributed by atoms with Crippen molar-refractivity contribution >= 4 is 40.4 Å². The number of nitrogens with one attached hydrogen (secondary N) is 1. The largest absolute Gasteiger partial charge is 0.478 e. The molecule has 32 heavy (non-hydrogen) atoms. The molecule has 0 fully saturated rings. The Morgan fingerprint density at radius 3 is 2.22 bits per heavy atom. The lowest BCUT2D eigenvalue weighted by Gasteiger charge is -2.09. The second-order valence-corrected chi connectivity index (χ2v) is 7.02. The lowest BCUT2D eigenvalue weighted by molar-refractivity contribution is -0.114. The maximum atomic E-state index is 12.6. The van der Waals surface area contributed by atoms with E-state index in [1.165, 1.54) is 6.07 Å². The SMILES string of the molecule is CNc1ccc(N=C2N=C(c3ccccc3C(=O)O)C(C(N)=O)=C2c2ccccc2)cc1. The zero-order valence-corrected chi connectivity index (χ0v) is 17.2. The Morgan fingerprint density at radius 1 is 0.938 bits per heavy atom. The summed E-state index contributed by atoms with van der Waals surface area (Å²) in [6.45, 7) is 0. The number of aliphatic imine (C=N–C) groups is 2. The first-order valence-electron chi connectivity index (χ1n) is 9.87. The number of rotatable bonds is 6. The van der Waals surface area contributed by atoms with Gasteiger partial charge in [0.1, 0.15) is 0 Å². The molecule has 1 aliphatic heterocycles. The van der Waals surface area contributed by atoms with E-state index in [4.69, 9.17) is 5.73 Å². The Bertz CT molecular complexity index is 1290. The standard InChI is InChI=1S/C25H20N4O3/c1-27-16-11-13-17(14-12-16)28-24-20(15-7-3-2-4-8-15)21(23(26)30)22(29-24)18-9-5-6-10-19(18)25(31)32/h2-14,27H,1H3,(H2,26,30)(H,31,32). The average Bonchev–Trinajstić information content (AvgIpc) is 3.19. The summed E-state index contributed by atoms with van der Waals surface area (Å²) < 4.78 is 0. The highest BCUT2D eigenvalue weighted by Crippen LogP contribution is 2.33. The van der Waals surface area contributed by atoms with Crippen LogP contribution in [0.1, 0.15) is 21.5 Å². The number of carbonyl (C=O) groups excluding carboxylic acids is 1. The number of hydrogen-bond donors (Lipinski definition) is 3. The number of nitrogens with two attached hydrogens (primary N) is 1. The third-order valence-corrected chi connectivity index (χ3v) is 5.04. The summed E-state index contributed by atoms with van der Waals surface area (Å²) in [6.07, 6.45) is 0. The molecule has 1 heterocycles. The molecule has 0 aliphatic carbocycles. The summed E-state index contributed by atoms with van der Waals surface area (Å²) in [5.74, 6) is -1.54. The Balaban J connectivity index is 1.98. The van der Waals surface area contributed by atoms with Crippen molar-refractivity contribution in [2.24, 2.45) is 15.7 Å². The van der Waals surface area contributed by atoms with Gasteiger partial charge in [-0.1, -0.05) is 48.5 Å². The molecule has 0 unspecified atom stereocenters. The molecule has 0 spiro atoms. The number of anilines is 1. The van der Waals surface area contributed by atoms with Gasteiger partial charge in [0.2, 0.25) is 0 Å². The first kappa shape index (κ1) is 20.7. The summed E-state index contributed by atoms with van der Waals surface area (Å²) in [5.41, 5.74) is 9.17. The van der Waals surface area contributed by atoms with Gasteiger partial charge in [0.05, 0.1) is 22.5 Å². The number of nitrogens with zero attached hydrogens (tertiary/aromatic N) is 2. The van der Waals surface area contributed by atoms with Gasteiger partial charge in [-0.2, -0.15) is 0 Å². The van der Waals surface area contributed by atoms with Gasteiger partial charge < -0.3 is 16.2 Å². The average molecular weight is 424 g/mol. The van der Waals surface area contributed by atoms with E-state index in [-0.39, 0.29) is 22.7 Å². The van der Waals surface area contributed by atoms with E-state index in [2.05, 4.69) is 15.3 Å². The maximum absolute atomic E-state index is 12.6. The minimum absolute atomic E-state index is 0.0250. The fraction of sp³-hybridized carbons (Fsp3) is 0.0400. The van der Waals surface area contributed by atoms with Crippen molar-refractivity contribution in [3.8, 4) is 0 Å². The van der Waals surface area contributed by atoms with Gasteiger partial charge in [-0.05, 0) is 35.9 Å². The van der Waals surface area contributed by atoms with Gasteiger partial charge in [-0.3, -0.25) is 4.79 Å². The van der Waals surface area contributed by atoms with Gasteiger partial charge in [-0.15, -0.1) is 0 Å². The summed E-state index contributed by atoms with van der Waals surface area (Å²) in [4.78, 5) is 33.7. The molecular formula is C25H20N4O3. The van der Waals surface area contributed by atoms with Crippen molar-refractivity contribution in [3.05, 3.63) is 101 Å². The number of hydrogen-bond acceptors (Lipinski definition) is 4. The van der Waals surface area contributed by atoms with Gasteiger partial charge in [-0.25, -0.2) is 14.8 Å². The molecule has 3 aromatic rings. The van der Waals surface area contributed by atoms with Crippen LogP contribution in [0.25, 0.3) is 5.57 Å². The lowest BCUT2D eigenvalue weighted by atomic mass is 9.93. The highest BCUT2D eigenvalue weighted by Gasteiger charge is 2.32. The molecule has 0 aromatic heterocycles. The summed E-state index contributed by atoms with van der Waals surface area (Å²) in [7, 11) is 1.82. The molecule has 158 valence electrons. The molecule has 0 bridgehead atoms. The molecule has 7 nitrogen and oxygen atoms in total. The van der Waals surface area contributed by atoms with E-state index in [0.717, 1.165) is 5.69 Å². The van der Waals surface area contributed by atoms with Crippen LogP contribution in [-0.2, 0) is 4.79 Å². The molecule has 4 rings (SSSR count). The number of aromatic carboxylic acids is 1. The van der Waals surface area contributed by atoms with E-state index in [1.54, 1.807) is 18.2 Å². The van der Waals surface area contributed by atoms with Crippen molar-refractivity contribution in [3.63, 3.8) is 0 Å². The molecule has 0 saturated heterocycles. The highest BCUT2D eigenvalue weighted by atomic mass is 16.4. The topological polar surface area (TPSA) is 117 Å². The van der Waals surface area contributed by atoms with E-state index in [0.29, 0.717) is 22.4 Å². The maximum Gasteiger partial charge on any atom is 0.336 e. The van der Waals surface area contributed by atoms with Crippen LogP contribution in [0.15, 0.2) is 94.4 Å². The van der Waals surface area contributed by atoms with Crippen LogP contribution in [-0.4, -0.2) is 35.6 Å². The minimum Gasteiger partial charge on any atom is -0.478 e. The number of carboxylic acids is 1. The first-order chi connectivity index (χ1) is 15.5. The molecule has 0 saturated carbocycles. The van der Waals surface area contributed by atoms with Crippen LogP contribution in [0.4, 0.5) is 11.4 Å². The Kier molecular flexibility index (Phi) is 5.63. The number of benzene rings is 3. The van der Waals surface area contributed by atoms with Crippen molar-refractivity contribution in [1.29, 1.82) is 0 Å². The van der Waals surface area contributed by atoms with E-state index < -0.39 is 11.9 Å². The van der Waals surface area contributed by atoms with Crippen LogP contribution in [0.3, 0.4) is 0 Å². The fourth-order valence-electron chi connectivity index (χ4n) is 3.54. The second-order valence-electron chi connectivity index (χ2n) is 7.02. The monoisotopic (exact) mass is 424 g/mol. The molecule has 7 heteroatoms.